The molecule has 142 valence electrons. The lowest BCUT2D eigenvalue weighted by molar-refractivity contribution is -0.114. The van der Waals surface area contributed by atoms with E-state index in [1.165, 1.54) is 6.08 Å². The second kappa shape index (κ2) is 9.07. The number of carbonyl (C=O) groups excluding carboxylic acids is 1. The number of fused-ring (bicyclic) bond motifs is 2. The predicted molar refractivity (Wildman–Crippen MR) is 108 cm³/mol. The molecule has 27 heavy (non-hydrogen) atoms. The molecule has 1 atom stereocenters. The maximum Gasteiger partial charge on any atom is 0.251 e. The molecule has 2 aromatic rings. The van der Waals surface area contributed by atoms with Crippen molar-refractivity contribution in [3.8, 4) is 11.5 Å². The lowest BCUT2D eigenvalue weighted by Crippen LogP contribution is -2.28. The van der Waals surface area contributed by atoms with Crippen molar-refractivity contribution in [1.82, 2.24) is 0 Å². The zero-order valence-corrected chi connectivity index (χ0v) is 16.2. The molecule has 0 aliphatic carbocycles. The van der Waals surface area contributed by atoms with E-state index in [9.17, 15) is 9.90 Å². The molecule has 0 saturated carbocycles. The first-order valence-electron chi connectivity index (χ1n) is 9.31. The molecule has 1 aliphatic rings. The van der Waals surface area contributed by atoms with Gasteiger partial charge in [0.05, 0.1) is 18.3 Å². The summed E-state index contributed by atoms with van der Waals surface area (Å²) in [5, 5.41) is 10.6. The Balaban J connectivity index is 1.85. The Morgan fingerprint density at radius 2 is 2.07 bits per heavy atom. The third kappa shape index (κ3) is 4.90. The van der Waals surface area contributed by atoms with E-state index in [1.807, 2.05) is 24.3 Å². The molecule has 1 N–H and O–H groups in total. The van der Waals surface area contributed by atoms with Crippen LogP contribution in [0.4, 0.5) is 5.69 Å². The SMILES string of the molecule is CCCCCC(O)C=CC(=O)N1Cc2ccccc2Oc2ccc(Cl)cc21. The number of aliphatic hydroxyl groups excluding tert-OH is 1. The van der Waals surface area contributed by atoms with Crippen LogP contribution in [0.3, 0.4) is 0 Å². The molecule has 3 rings (SSSR count). The first-order valence-corrected chi connectivity index (χ1v) is 9.69. The molecule has 0 spiro atoms. The lowest BCUT2D eigenvalue weighted by Gasteiger charge is -2.21. The van der Waals surface area contributed by atoms with Gasteiger partial charge in [0.15, 0.2) is 5.75 Å². The molecule has 4 nitrogen and oxygen atoms in total. The summed E-state index contributed by atoms with van der Waals surface area (Å²) < 4.78 is 6.00. The molecule has 1 heterocycles. The number of hydrogen-bond donors (Lipinski definition) is 1. The van der Waals surface area contributed by atoms with Gasteiger partial charge in [-0.05, 0) is 30.7 Å². The molecular formula is C22H24ClNO3. The minimum Gasteiger partial charge on any atom is -0.455 e. The fraction of sp³-hybridized carbons (Fsp3) is 0.318. The van der Waals surface area contributed by atoms with Crippen LogP contribution in [-0.4, -0.2) is 17.1 Å². The summed E-state index contributed by atoms with van der Waals surface area (Å²) in [4.78, 5) is 14.5. The van der Waals surface area contributed by atoms with Crippen molar-refractivity contribution in [3.63, 3.8) is 0 Å². The van der Waals surface area contributed by atoms with Crippen LogP contribution in [0.5, 0.6) is 11.5 Å². The third-order valence-corrected chi connectivity index (χ3v) is 4.80. The lowest BCUT2D eigenvalue weighted by atomic mass is 10.1. The van der Waals surface area contributed by atoms with Gasteiger partial charge in [0.1, 0.15) is 5.75 Å². The van der Waals surface area contributed by atoms with E-state index in [1.54, 1.807) is 29.2 Å². The van der Waals surface area contributed by atoms with Gasteiger partial charge >= 0.3 is 0 Å². The highest BCUT2D eigenvalue weighted by molar-refractivity contribution is 6.31. The number of hydrogen-bond acceptors (Lipinski definition) is 3. The predicted octanol–water partition coefficient (Wildman–Crippen LogP) is 5.48. The second-order valence-corrected chi connectivity index (χ2v) is 7.10. The second-order valence-electron chi connectivity index (χ2n) is 6.67. The first kappa shape index (κ1) is 19.5. The first-order chi connectivity index (χ1) is 13.1. The van der Waals surface area contributed by atoms with Gasteiger partial charge in [-0.2, -0.15) is 0 Å². The highest BCUT2D eigenvalue weighted by Gasteiger charge is 2.24. The van der Waals surface area contributed by atoms with Crippen molar-refractivity contribution in [2.45, 2.75) is 45.3 Å². The number of aliphatic hydroxyl groups is 1. The van der Waals surface area contributed by atoms with Crippen LogP contribution in [0.15, 0.2) is 54.6 Å². The highest BCUT2D eigenvalue weighted by atomic mass is 35.5. The Kier molecular flexibility index (Phi) is 6.54. The van der Waals surface area contributed by atoms with Gasteiger partial charge in [0.2, 0.25) is 0 Å². The van der Waals surface area contributed by atoms with Gasteiger partial charge in [0, 0.05) is 16.7 Å². The summed E-state index contributed by atoms with van der Waals surface area (Å²) in [6.45, 7) is 2.49. The number of halogens is 1. The summed E-state index contributed by atoms with van der Waals surface area (Å²) in [7, 11) is 0. The van der Waals surface area contributed by atoms with E-state index >= 15 is 0 Å². The Morgan fingerprint density at radius 1 is 1.26 bits per heavy atom. The standard InChI is InChI=1S/C22H24ClNO3/c1-2-3-4-8-18(25)11-13-22(26)24-15-16-7-5-6-9-20(16)27-21-12-10-17(23)14-19(21)24/h5-7,9-14,18,25H,2-4,8,15H2,1H3. The average Bonchev–Trinajstić information content (AvgIpc) is 2.83. The number of rotatable bonds is 6. The van der Waals surface area contributed by atoms with Crippen LogP contribution in [0.25, 0.3) is 0 Å². The Labute approximate surface area is 165 Å². The monoisotopic (exact) mass is 385 g/mol. The van der Waals surface area contributed by atoms with Gasteiger partial charge in [-0.1, -0.05) is 62.1 Å². The Hall–Kier alpha value is -2.30. The van der Waals surface area contributed by atoms with Crippen LogP contribution in [-0.2, 0) is 11.3 Å². The zero-order chi connectivity index (χ0) is 19.2. The van der Waals surface area contributed by atoms with E-state index in [4.69, 9.17) is 16.3 Å². The van der Waals surface area contributed by atoms with Gasteiger partial charge < -0.3 is 14.7 Å². The molecule has 0 bridgehead atoms. The molecular weight excluding hydrogens is 362 g/mol. The van der Waals surface area contributed by atoms with E-state index < -0.39 is 6.10 Å². The molecule has 0 saturated heterocycles. The van der Waals surface area contributed by atoms with Crippen molar-refractivity contribution >= 4 is 23.2 Å². The van der Waals surface area contributed by atoms with Crippen molar-refractivity contribution in [3.05, 3.63) is 65.2 Å². The quantitative estimate of drug-likeness (QED) is 0.529. The summed E-state index contributed by atoms with van der Waals surface area (Å²) in [6.07, 6.45) is 6.17. The fourth-order valence-corrected chi connectivity index (χ4v) is 3.24. The number of ether oxygens (including phenoxy) is 1. The van der Waals surface area contributed by atoms with Gasteiger partial charge in [0.25, 0.3) is 5.91 Å². The van der Waals surface area contributed by atoms with Crippen molar-refractivity contribution in [2.75, 3.05) is 4.90 Å². The topological polar surface area (TPSA) is 49.8 Å². The van der Waals surface area contributed by atoms with E-state index in [-0.39, 0.29) is 5.91 Å². The highest BCUT2D eigenvalue weighted by Crippen LogP contribution is 2.40. The number of amides is 1. The Morgan fingerprint density at radius 3 is 2.89 bits per heavy atom. The fourth-order valence-electron chi connectivity index (χ4n) is 3.08. The smallest absolute Gasteiger partial charge is 0.251 e. The van der Waals surface area contributed by atoms with Gasteiger partial charge in [-0.3, -0.25) is 4.79 Å². The number of nitrogens with zero attached hydrogens (tertiary/aromatic N) is 1. The summed E-state index contributed by atoms with van der Waals surface area (Å²) in [6, 6.07) is 12.9. The van der Waals surface area contributed by atoms with E-state index in [2.05, 4.69) is 6.92 Å². The summed E-state index contributed by atoms with van der Waals surface area (Å²) in [5.41, 5.74) is 1.53. The average molecular weight is 386 g/mol. The largest absolute Gasteiger partial charge is 0.455 e. The van der Waals surface area contributed by atoms with Crippen LogP contribution < -0.4 is 9.64 Å². The Bertz CT molecular complexity index is 834. The van der Waals surface area contributed by atoms with Crippen molar-refractivity contribution < 1.29 is 14.6 Å². The summed E-state index contributed by atoms with van der Waals surface area (Å²) in [5.74, 6) is 1.09. The molecule has 5 heteroatoms. The van der Waals surface area contributed by atoms with Crippen LogP contribution in [0.1, 0.15) is 38.2 Å². The minimum atomic E-state index is -0.616. The third-order valence-electron chi connectivity index (χ3n) is 4.56. The van der Waals surface area contributed by atoms with Gasteiger partial charge in [-0.15, -0.1) is 0 Å². The number of benzene rings is 2. The number of carbonyl (C=O) groups is 1. The zero-order valence-electron chi connectivity index (χ0n) is 15.4. The van der Waals surface area contributed by atoms with Crippen LogP contribution >= 0.6 is 11.6 Å². The number of unbranched alkanes of at least 4 members (excludes halogenated alkanes) is 2. The minimum absolute atomic E-state index is 0.214. The maximum atomic E-state index is 12.9. The molecule has 0 aromatic heterocycles. The molecule has 1 unspecified atom stereocenters. The van der Waals surface area contributed by atoms with Crippen molar-refractivity contribution in [2.24, 2.45) is 0 Å². The molecule has 1 aliphatic heterocycles. The van der Waals surface area contributed by atoms with E-state index in [0.717, 1.165) is 30.6 Å². The molecule has 0 radical (unpaired) electrons. The van der Waals surface area contributed by atoms with Crippen LogP contribution in [0, 0.1) is 0 Å². The number of anilines is 1. The van der Waals surface area contributed by atoms with Crippen LogP contribution in [0.2, 0.25) is 5.02 Å². The van der Waals surface area contributed by atoms with E-state index in [0.29, 0.717) is 29.4 Å². The normalized spacial score (nSPS) is 14.3. The molecule has 1 amide bonds. The molecule has 2 aromatic carbocycles. The molecule has 0 fully saturated rings. The summed E-state index contributed by atoms with van der Waals surface area (Å²) >= 11 is 6.16. The number of para-hydroxylation sites is 1. The van der Waals surface area contributed by atoms with Crippen molar-refractivity contribution in [1.29, 1.82) is 0 Å². The van der Waals surface area contributed by atoms with Gasteiger partial charge in [-0.25, -0.2) is 0 Å². The maximum absolute atomic E-state index is 12.9.